The number of anilines is 1. The highest BCUT2D eigenvalue weighted by atomic mass is 35.5. The van der Waals surface area contributed by atoms with E-state index < -0.39 is 11.9 Å². The molecule has 0 fully saturated rings. The van der Waals surface area contributed by atoms with Crippen LogP contribution < -0.4 is 15.1 Å². The minimum atomic E-state index is -0.669. The van der Waals surface area contributed by atoms with E-state index in [2.05, 4.69) is 4.98 Å². The van der Waals surface area contributed by atoms with Crippen molar-refractivity contribution in [3.63, 3.8) is 0 Å². The zero-order valence-electron chi connectivity index (χ0n) is 16.9. The molecule has 3 heterocycles. The maximum Gasteiger partial charge on any atom is 0.297 e. The Labute approximate surface area is 186 Å². The molecule has 0 bridgehead atoms. The number of methoxy groups -OCH3 is 1. The third-order valence-corrected chi connectivity index (χ3v) is 6.79. The minimum absolute atomic E-state index is 0.0335. The van der Waals surface area contributed by atoms with Gasteiger partial charge in [-0.1, -0.05) is 23.7 Å². The number of ether oxygens (including phenoxy) is 1. The Kier molecular flexibility index (Phi) is 4.60. The second kappa shape index (κ2) is 7.21. The van der Waals surface area contributed by atoms with Crippen molar-refractivity contribution in [3.05, 3.63) is 85.2 Å². The fourth-order valence-corrected chi connectivity index (χ4v) is 4.91. The Hall–Kier alpha value is -3.16. The summed E-state index contributed by atoms with van der Waals surface area (Å²) in [7, 11) is 1.58. The van der Waals surface area contributed by atoms with E-state index in [1.165, 1.54) is 11.3 Å². The summed E-state index contributed by atoms with van der Waals surface area (Å²) < 4.78 is 11.2. The molecule has 6 nitrogen and oxygen atoms in total. The summed E-state index contributed by atoms with van der Waals surface area (Å²) in [6, 6.07) is 11.4. The number of carbonyl (C=O) groups excluding carboxylic acids is 1. The van der Waals surface area contributed by atoms with Crippen molar-refractivity contribution in [2.24, 2.45) is 0 Å². The summed E-state index contributed by atoms with van der Waals surface area (Å²) in [6.45, 7) is 3.84. The second-order valence-electron chi connectivity index (χ2n) is 7.30. The van der Waals surface area contributed by atoms with Gasteiger partial charge in [0.2, 0.25) is 5.76 Å². The van der Waals surface area contributed by atoms with Crippen LogP contribution in [-0.4, -0.2) is 18.0 Å². The SMILES string of the molecule is COc1ccc([C@@H]2c3c(oc4ccc(Cl)cc4c3=O)C(=O)N2c2nc(C)c(C)s2)cc1. The van der Waals surface area contributed by atoms with Crippen molar-refractivity contribution in [3.8, 4) is 5.75 Å². The number of amides is 1. The molecule has 2 aromatic carbocycles. The molecule has 0 saturated carbocycles. The Morgan fingerprint density at radius 3 is 2.52 bits per heavy atom. The predicted molar refractivity (Wildman–Crippen MR) is 121 cm³/mol. The van der Waals surface area contributed by atoms with E-state index in [-0.39, 0.29) is 16.8 Å². The molecule has 8 heteroatoms. The lowest BCUT2D eigenvalue weighted by Crippen LogP contribution is -2.29. The zero-order chi connectivity index (χ0) is 21.9. The van der Waals surface area contributed by atoms with E-state index in [9.17, 15) is 9.59 Å². The Morgan fingerprint density at radius 2 is 1.87 bits per heavy atom. The van der Waals surface area contributed by atoms with Crippen molar-refractivity contribution in [1.82, 2.24) is 4.98 Å². The van der Waals surface area contributed by atoms with Crippen LogP contribution in [0.5, 0.6) is 5.75 Å². The number of aromatic nitrogens is 1. The molecule has 5 rings (SSSR count). The van der Waals surface area contributed by atoms with Crippen LogP contribution in [0.4, 0.5) is 5.13 Å². The number of carbonyl (C=O) groups is 1. The molecule has 0 aliphatic carbocycles. The van der Waals surface area contributed by atoms with Crippen molar-refractivity contribution < 1.29 is 13.9 Å². The maximum absolute atomic E-state index is 13.5. The van der Waals surface area contributed by atoms with Crippen LogP contribution in [0.3, 0.4) is 0 Å². The number of aryl methyl sites for hydroxylation is 2. The zero-order valence-corrected chi connectivity index (χ0v) is 18.5. The summed E-state index contributed by atoms with van der Waals surface area (Å²) in [5.41, 5.74) is 1.93. The average molecular weight is 453 g/mol. The molecule has 156 valence electrons. The van der Waals surface area contributed by atoms with Gasteiger partial charge in [-0.05, 0) is 49.7 Å². The number of nitrogens with zero attached hydrogens (tertiary/aromatic N) is 2. The summed E-state index contributed by atoms with van der Waals surface area (Å²) in [6.07, 6.45) is 0. The molecular weight excluding hydrogens is 436 g/mol. The second-order valence-corrected chi connectivity index (χ2v) is 8.92. The van der Waals surface area contributed by atoms with E-state index in [0.717, 1.165) is 16.1 Å². The van der Waals surface area contributed by atoms with Crippen molar-refractivity contribution in [2.45, 2.75) is 19.9 Å². The molecule has 1 aliphatic heterocycles. The molecule has 0 radical (unpaired) electrons. The van der Waals surface area contributed by atoms with Gasteiger partial charge in [-0.2, -0.15) is 0 Å². The predicted octanol–water partition coefficient (Wildman–Crippen LogP) is 5.28. The summed E-state index contributed by atoms with van der Waals surface area (Å²) in [5, 5.41) is 1.28. The van der Waals surface area contributed by atoms with Gasteiger partial charge in [0, 0.05) is 9.90 Å². The first-order valence-electron chi connectivity index (χ1n) is 9.57. The first-order valence-corrected chi connectivity index (χ1v) is 10.8. The highest BCUT2D eigenvalue weighted by Crippen LogP contribution is 2.43. The molecule has 1 amide bonds. The lowest BCUT2D eigenvalue weighted by atomic mass is 9.98. The molecule has 31 heavy (non-hydrogen) atoms. The summed E-state index contributed by atoms with van der Waals surface area (Å²) >= 11 is 7.53. The molecule has 0 unspecified atom stereocenters. The number of benzene rings is 2. The number of halogens is 1. The summed E-state index contributed by atoms with van der Waals surface area (Å²) in [4.78, 5) is 34.2. The highest BCUT2D eigenvalue weighted by Gasteiger charge is 2.45. The van der Waals surface area contributed by atoms with E-state index in [0.29, 0.717) is 26.9 Å². The number of rotatable bonds is 3. The minimum Gasteiger partial charge on any atom is -0.497 e. The van der Waals surface area contributed by atoms with Gasteiger partial charge >= 0.3 is 0 Å². The monoisotopic (exact) mass is 452 g/mol. The van der Waals surface area contributed by atoms with Gasteiger partial charge < -0.3 is 9.15 Å². The van der Waals surface area contributed by atoms with Gasteiger partial charge in [0.25, 0.3) is 5.91 Å². The van der Waals surface area contributed by atoms with Gasteiger partial charge in [0.1, 0.15) is 11.3 Å². The number of hydrogen-bond donors (Lipinski definition) is 0. The largest absolute Gasteiger partial charge is 0.497 e. The normalized spacial score (nSPS) is 15.5. The van der Waals surface area contributed by atoms with Crippen LogP contribution in [0, 0.1) is 13.8 Å². The average Bonchev–Trinajstić information content (AvgIpc) is 3.25. The maximum atomic E-state index is 13.5. The number of hydrogen-bond acceptors (Lipinski definition) is 6. The van der Waals surface area contributed by atoms with E-state index in [1.54, 1.807) is 42.3 Å². The van der Waals surface area contributed by atoms with Gasteiger partial charge in [-0.3, -0.25) is 14.5 Å². The highest BCUT2D eigenvalue weighted by molar-refractivity contribution is 7.15. The lowest BCUT2D eigenvalue weighted by Gasteiger charge is -2.22. The lowest BCUT2D eigenvalue weighted by molar-refractivity contribution is 0.0971. The molecule has 4 aromatic rings. The molecule has 1 atom stereocenters. The molecular formula is C23H17ClN2O4S. The van der Waals surface area contributed by atoms with Crippen molar-refractivity contribution in [1.29, 1.82) is 0 Å². The van der Waals surface area contributed by atoms with Crippen LogP contribution >= 0.6 is 22.9 Å². The third kappa shape index (κ3) is 3.04. The number of fused-ring (bicyclic) bond motifs is 2. The van der Waals surface area contributed by atoms with Crippen LogP contribution in [0.25, 0.3) is 11.0 Å². The smallest absolute Gasteiger partial charge is 0.297 e. The van der Waals surface area contributed by atoms with Crippen molar-refractivity contribution in [2.75, 3.05) is 12.0 Å². The van der Waals surface area contributed by atoms with Gasteiger partial charge in [-0.25, -0.2) is 4.98 Å². The molecule has 0 saturated heterocycles. The van der Waals surface area contributed by atoms with E-state index in [4.69, 9.17) is 20.8 Å². The van der Waals surface area contributed by atoms with Crippen LogP contribution in [-0.2, 0) is 0 Å². The Bertz CT molecular complexity index is 1390. The van der Waals surface area contributed by atoms with E-state index in [1.807, 2.05) is 26.0 Å². The van der Waals surface area contributed by atoms with Gasteiger partial charge in [-0.15, -0.1) is 11.3 Å². The van der Waals surface area contributed by atoms with Gasteiger partial charge in [0.15, 0.2) is 10.6 Å². The van der Waals surface area contributed by atoms with Crippen LogP contribution in [0.2, 0.25) is 5.02 Å². The molecule has 0 N–H and O–H groups in total. The number of thiazole rings is 1. The quantitative estimate of drug-likeness (QED) is 0.423. The Balaban J connectivity index is 1.80. The summed E-state index contributed by atoms with van der Waals surface area (Å²) in [5.74, 6) is 0.322. The Morgan fingerprint density at radius 1 is 1.13 bits per heavy atom. The third-order valence-electron chi connectivity index (χ3n) is 5.49. The standard InChI is InChI=1S/C23H17ClN2O4S/c1-11-12(2)31-23(25-11)26-19(13-4-7-15(29-3)8-5-13)18-20(27)16-10-14(24)6-9-17(16)30-21(18)22(26)28/h4-10,19H,1-3H3/t19-/m1/s1. The topological polar surface area (TPSA) is 72.6 Å². The van der Waals surface area contributed by atoms with Gasteiger partial charge in [0.05, 0.1) is 29.8 Å². The molecule has 1 aliphatic rings. The molecule has 2 aromatic heterocycles. The molecule has 0 spiro atoms. The van der Waals surface area contributed by atoms with Crippen molar-refractivity contribution >= 4 is 44.9 Å². The fraction of sp³-hybridized carbons (Fsp3) is 0.174. The van der Waals surface area contributed by atoms with Crippen LogP contribution in [0.1, 0.15) is 38.3 Å². The first-order chi connectivity index (χ1) is 14.9. The fourth-order valence-electron chi connectivity index (χ4n) is 3.80. The van der Waals surface area contributed by atoms with E-state index >= 15 is 0 Å². The first kappa shape index (κ1) is 19.8. The van der Waals surface area contributed by atoms with Crippen LogP contribution in [0.15, 0.2) is 51.7 Å².